The zero-order valence-corrected chi connectivity index (χ0v) is 54.4. The third kappa shape index (κ3) is 43.7. The van der Waals surface area contributed by atoms with Gasteiger partial charge in [-0.15, -0.1) is 0 Å². The van der Waals surface area contributed by atoms with Gasteiger partial charge in [0.05, 0.1) is 37.4 Å². The fraction of sp³-hybridized carbons (Fsp3) is 0.867. The third-order valence-electron chi connectivity index (χ3n) is 14.8. The predicted octanol–water partition coefficient (Wildman–Crippen LogP) is 1.81. The summed E-state index contributed by atoms with van der Waals surface area (Å²) in [5.41, 5.74) is 35.5. The van der Waals surface area contributed by atoms with Gasteiger partial charge in [-0.3, -0.25) is 38.4 Å². The van der Waals surface area contributed by atoms with Crippen molar-refractivity contribution in [1.82, 2.24) is 42.5 Å². The molecule has 8 amide bonds. The van der Waals surface area contributed by atoms with E-state index in [0.717, 1.165) is 51.4 Å². The molecule has 0 rings (SSSR count). The Morgan fingerprint density at radius 3 is 0.884 bits per heavy atom. The number of nitrogens with one attached hydrogen (secondary N) is 8. The highest BCUT2D eigenvalue weighted by atomic mass is 32.2. The lowest BCUT2D eigenvalue weighted by molar-refractivity contribution is -0.132. The van der Waals surface area contributed by atoms with Crippen molar-refractivity contribution < 1.29 is 48.6 Å². The van der Waals surface area contributed by atoms with E-state index in [1.54, 1.807) is 0 Å². The minimum Gasteiger partial charge on any atom is -0.394 e. The van der Waals surface area contributed by atoms with Gasteiger partial charge >= 0.3 is 0 Å². The summed E-state index contributed by atoms with van der Waals surface area (Å²) < 4.78 is 0. The summed E-state index contributed by atoms with van der Waals surface area (Å²) in [6.07, 6.45) is 27.2. The number of rotatable bonds is 59. The SMILES string of the molecule is CCCCCCCCCCCCNC(=O)C(CO)NC(=O)C(CSCCSCC(NC(=O)C(N)CCCCNC(=O)C(N)CCCN)C(=O)NC(CO)C(=O)NCCCCCCCCCCCC)NC(=O)C(N)CCCCNC(=O)C(N)CCCN. The van der Waals surface area contributed by atoms with Crippen molar-refractivity contribution in [3.63, 3.8) is 0 Å². The summed E-state index contributed by atoms with van der Waals surface area (Å²) in [4.78, 5) is 106. The van der Waals surface area contributed by atoms with Crippen LogP contribution in [0.4, 0.5) is 0 Å². The lowest BCUT2D eigenvalue weighted by Gasteiger charge is -2.24. The van der Waals surface area contributed by atoms with Crippen LogP contribution >= 0.6 is 23.5 Å². The van der Waals surface area contributed by atoms with Crippen molar-refractivity contribution in [3.8, 4) is 0 Å². The third-order valence-corrected chi connectivity index (χ3v) is 17.1. The van der Waals surface area contributed by atoms with Gasteiger partial charge in [0.15, 0.2) is 0 Å². The van der Waals surface area contributed by atoms with Gasteiger partial charge in [-0.1, -0.05) is 129 Å². The molecule has 0 heterocycles. The zero-order valence-electron chi connectivity index (χ0n) is 52.8. The van der Waals surface area contributed by atoms with Gasteiger partial charge in [0.1, 0.15) is 24.2 Å². The maximum atomic E-state index is 13.9. The molecule has 8 unspecified atom stereocenters. The van der Waals surface area contributed by atoms with Crippen molar-refractivity contribution in [2.45, 2.75) is 255 Å². The first-order chi connectivity index (χ1) is 41.5. The summed E-state index contributed by atoms with van der Waals surface area (Å²) in [5, 5.41) is 42.2. The lowest BCUT2D eigenvalue weighted by Crippen LogP contribution is -2.57. The highest BCUT2D eigenvalue weighted by Gasteiger charge is 2.30. The van der Waals surface area contributed by atoms with E-state index in [1.807, 2.05) is 0 Å². The van der Waals surface area contributed by atoms with Crippen LogP contribution in [0.3, 0.4) is 0 Å². The molecule has 0 saturated carbocycles. The zero-order chi connectivity index (χ0) is 64.0. The topological polar surface area (TPSA) is 429 Å². The Hall–Kier alpha value is -3.86. The van der Waals surface area contributed by atoms with E-state index in [4.69, 9.17) is 34.4 Å². The van der Waals surface area contributed by atoms with Crippen molar-refractivity contribution >= 4 is 70.8 Å². The number of carbonyl (C=O) groups excluding carboxylic acids is 8. The summed E-state index contributed by atoms with van der Waals surface area (Å²) in [6, 6.07) is -8.28. The fourth-order valence-electron chi connectivity index (χ4n) is 9.13. The first kappa shape index (κ1) is 82.1. The maximum Gasteiger partial charge on any atom is 0.244 e. The molecule has 0 aromatic carbocycles. The van der Waals surface area contributed by atoms with Gasteiger partial charge in [0, 0.05) is 49.2 Å². The fourth-order valence-corrected chi connectivity index (χ4v) is 11.4. The van der Waals surface area contributed by atoms with Gasteiger partial charge in [-0.05, 0) is 90.1 Å². The van der Waals surface area contributed by atoms with E-state index < -0.39 is 97.0 Å². The number of hydrogen-bond acceptors (Lipinski definition) is 18. The molecule has 0 fully saturated rings. The summed E-state index contributed by atoms with van der Waals surface area (Å²) in [6.45, 7) is 5.30. The minimum absolute atomic E-state index is 0.0341. The number of aliphatic hydroxyl groups excluding tert-OH is 2. The molecule has 22 N–H and O–H groups in total. The molecule has 26 heteroatoms. The molecule has 24 nitrogen and oxygen atoms in total. The van der Waals surface area contributed by atoms with Crippen LogP contribution in [0.2, 0.25) is 0 Å². The number of unbranched alkanes of at least 4 members (excludes halogenated alkanes) is 20. The van der Waals surface area contributed by atoms with Gasteiger partial charge in [-0.25, -0.2) is 0 Å². The Morgan fingerprint density at radius 1 is 0.326 bits per heavy atom. The van der Waals surface area contributed by atoms with E-state index in [0.29, 0.717) is 102 Å². The molecular weight excluding hydrogens is 1140 g/mol. The average molecular weight is 1260 g/mol. The summed E-state index contributed by atoms with van der Waals surface area (Å²) in [5.74, 6) is -3.49. The molecule has 0 saturated heterocycles. The Morgan fingerprint density at radius 2 is 0.581 bits per heavy atom. The van der Waals surface area contributed by atoms with E-state index in [2.05, 4.69) is 56.4 Å². The molecule has 0 spiro atoms. The molecule has 0 aromatic rings. The molecule has 8 atom stereocenters. The second-order valence-corrected chi connectivity index (χ2v) is 24.9. The number of carbonyl (C=O) groups is 8. The molecule has 86 heavy (non-hydrogen) atoms. The number of nitrogens with two attached hydrogens (primary N) is 6. The second kappa shape index (κ2) is 56.4. The van der Waals surface area contributed by atoms with Crippen LogP contribution in [0.15, 0.2) is 0 Å². The molecular formula is C60H120N14O10S2. The van der Waals surface area contributed by atoms with Crippen molar-refractivity contribution in [2.75, 3.05) is 75.5 Å². The Balaban J connectivity index is 5.88. The van der Waals surface area contributed by atoms with Crippen LogP contribution in [-0.4, -0.2) is 181 Å². The highest BCUT2D eigenvalue weighted by Crippen LogP contribution is 2.14. The Bertz CT molecular complexity index is 1680. The normalized spacial score (nSPS) is 14.1. The standard InChI is InChI=1S/C60H120N14O10S2/c1-3-5-7-9-11-13-15-17-19-23-35-69-57(81)49(41-75)71-59(83)51(73-55(79)47(65)29-21-25-37-67-53(77)45(63)31-27-33-61)43-85-39-40-86-44-52(74-56(80)48(66)30-22-26-38-68-54(78)46(64)32-28-34-62)60(84)72-50(42-76)58(82)70-36-24-20-18-16-14-12-10-8-6-4-2/h45-52,75-76H,3-44,61-66H2,1-2H3,(H,67,77)(H,68,78)(H,69,81)(H,70,82)(H,71,83)(H,72,84)(H,73,79)(H,74,80). The van der Waals surface area contributed by atoms with Crippen LogP contribution in [-0.2, 0) is 38.4 Å². The number of thioether (sulfide) groups is 2. The van der Waals surface area contributed by atoms with Gasteiger partial charge < -0.3 is 87.1 Å². The maximum absolute atomic E-state index is 13.9. The molecule has 0 aliphatic carbocycles. The first-order valence-corrected chi connectivity index (χ1v) is 34.9. The highest BCUT2D eigenvalue weighted by molar-refractivity contribution is 8.03. The van der Waals surface area contributed by atoms with E-state index in [1.165, 1.54) is 101 Å². The van der Waals surface area contributed by atoms with E-state index in [9.17, 15) is 48.6 Å². The van der Waals surface area contributed by atoms with Gasteiger partial charge in [0.2, 0.25) is 47.3 Å². The van der Waals surface area contributed by atoms with Gasteiger partial charge in [-0.2, -0.15) is 23.5 Å². The quantitative estimate of drug-likeness (QED) is 0.0386. The number of amides is 8. The Kier molecular flexibility index (Phi) is 53.8. The predicted molar refractivity (Wildman–Crippen MR) is 348 cm³/mol. The smallest absolute Gasteiger partial charge is 0.244 e. The van der Waals surface area contributed by atoms with E-state index in [-0.39, 0.29) is 36.2 Å². The molecule has 502 valence electrons. The van der Waals surface area contributed by atoms with Gasteiger partial charge in [0.25, 0.3) is 0 Å². The van der Waals surface area contributed by atoms with Crippen LogP contribution in [0.5, 0.6) is 0 Å². The van der Waals surface area contributed by atoms with Crippen molar-refractivity contribution in [3.05, 3.63) is 0 Å². The summed E-state index contributed by atoms with van der Waals surface area (Å²) in [7, 11) is 0. The lowest BCUT2D eigenvalue weighted by atomic mass is 10.1. The molecule has 0 radical (unpaired) electrons. The van der Waals surface area contributed by atoms with Crippen LogP contribution in [0.25, 0.3) is 0 Å². The van der Waals surface area contributed by atoms with Crippen LogP contribution < -0.4 is 76.9 Å². The van der Waals surface area contributed by atoms with Crippen molar-refractivity contribution in [1.29, 1.82) is 0 Å². The molecule has 0 bridgehead atoms. The van der Waals surface area contributed by atoms with Crippen LogP contribution in [0.1, 0.15) is 206 Å². The largest absolute Gasteiger partial charge is 0.394 e. The van der Waals surface area contributed by atoms with E-state index >= 15 is 0 Å². The monoisotopic (exact) mass is 1260 g/mol. The first-order valence-electron chi connectivity index (χ1n) is 32.6. The molecule has 0 aliphatic heterocycles. The minimum atomic E-state index is -1.28. The summed E-state index contributed by atoms with van der Waals surface area (Å²) >= 11 is 2.59. The number of hydrogen-bond donors (Lipinski definition) is 16. The molecule has 0 aliphatic rings. The second-order valence-electron chi connectivity index (χ2n) is 22.6. The number of aliphatic hydroxyl groups is 2. The van der Waals surface area contributed by atoms with Crippen LogP contribution in [0, 0.1) is 0 Å². The molecule has 0 aromatic heterocycles. The van der Waals surface area contributed by atoms with Crippen molar-refractivity contribution in [2.24, 2.45) is 34.4 Å². The Labute approximate surface area is 524 Å². The average Bonchev–Trinajstić information content (AvgIpc) is 3.71.